The maximum Gasteiger partial charge on any atom is 0.335 e. The number of fused-ring (bicyclic) bond motifs is 1. The number of hydrogen-bond donors (Lipinski definition) is 1. The number of rotatable bonds is 9. The van der Waals surface area contributed by atoms with Gasteiger partial charge in [-0.15, -0.1) is 0 Å². The van der Waals surface area contributed by atoms with E-state index in [4.69, 9.17) is 14.5 Å². The van der Waals surface area contributed by atoms with Gasteiger partial charge in [-0.1, -0.05) is 18.2 Å². The second kappa shape index (κ2) is 11.3. The molecule has 0 amide bonds. The van der Waals surface area contributed by atoms with Gasteiger partial charge in [0, 0.05) is 23.9 Å². The van der Waals surface area contributed by atoms with E-state index >= 15 is 0 Å². The lowest BCUT2D eigenvalue weighted by molar-refractivity contribution is -0.0592. The molecular weight excluding hydrogens is 511 g/mol. The Morgan fingerprint density at radius 2 is 1.98 bits per heavy atom. The van der Waals surface area contributed by atoms with Crippen LogP contribution >= 0.6 is 0 Å². The molecule has 2 aliphatic rings. The maximum absolute atomic E-state index is 14.3. The smallest absolute Gasteiger partial charge is 0.335 e. The lowest BCUT2D eigenvalue weighted by atomic mass is 9.90. The molecule has 0 aliphatic carbocycles. The summed E-state index contributed by atoms with van der Waals surface area (Å²) in [6.45, 7) is 5.89. The largest absolute Gasteiger partial charge is 0.478 e. The number of aryl methyl sites for hydroxylation is 1. The predicted octanol–water partition coefficient (Wildman–Crippen LogP) is 5.32. The van der Waals surface area contributed by atoms with Gasteiger partial charge >= 0.3 is 5.97 Å². The molecule has 1 N–H and O–H groups in total. The number of piperidine rings is 1. The summed E-state index contributed by atoms with van der Waals surface area (Å²) in [5, 5.41) is 9.50. The van der Waals surface area contributed by atoms with Crippen molar-refractivity contribution >= 4 is 17.0 Å². The highest BCUT2D eigenvalue weighted by Gasteiger charge is 2.27. The highest BCUT2D eigenvalue weighted by molar-refractivity contribution is 5.92. The zero-order chi connectivity index (χ0) is 27.6. The van der Waals surface area contributed by atoms with E-state index in [1.807, 2.05) is 19.1 Å². The van der Waals surface area contributed by atoms with Crippen molar-refractivity contribution in [1.29, 1.82) is 0 Å². The summed E-state index contributed by atoms with van der Waals surface area (Å²) in [4.78, 5) is 23.3. The standard InChI is InChI=1S/C31H33FN4O4/c1-20-4-5-23(26(32)15-20)19-40-30-25(3-2-11-33-30)21-8-12-35(13-9-21)18-29-34-27-7-6-22(31(37)38)16-28(27)36(29)17-24-10-14-39-24/h2-7,11,15-16,21,24H,8-10,12-14,17-19H2,1H3,(H,37,38)/t24-/m0/s1. The monoisotopic (exact) mass is 544 g/mol. The number of halogens is 1. The fourth-order valence-electron chi connectivity index (χ4n) is 5.61. The van der Waals surface area contributed by atoms with Crippen molar-refractivity contribution in [2.45, 2.75) is 57.9 Å². The van der Waals surface area contributed by atoms with E-state index in [-0.39, 0.29) is 24.1 Å². The first-order valence-electron chi connectivity index (χ1n) is 13.8. The summed E-state index contributed by atoms with van der Waals surface area (Å²) >= 11 is 0. The lowest BCUT2D eigenvalue weighted by Gasteiger charge is -2.33. The van der Waals surface area contributed by atoms with Gasteiger partial charge in [-0.05, 0) is 81.1 Å². The molecule has 4 aromatic rings. The minimum Gasteiger partial charge on any atom is -0.478 e. The van der Waals surface area contributed by atoms with Crippen LogP contribution in [0.4, 0.5) is 4.39 Å². The number of carbonyl (C=O) groups is 1. The average molecular weight is 545 g/mol. The van der Waals surface area contributed by atoms with E-state index in [9.17, 15) is 14.3 Å². The van der Waals surface area contributed by atoms with E-state index in [0.29, 0.717) is 30.5 Å². The molecule has 2 saturated heterocycles. The lowest BCUT2D eigenvalue weighted by Crippen LogP contribution is -2.35. The fraction of sp³-hybridized carbons (Fsp3) is 0.387. The molecule has 208 valence electrons. The van der Waals surface area contributed by atoms with Crippen molar-refractivity contribution in [2.24, 2.45) is 0 Å². The summed E-state index contributed by atoms with van der Waals surface area (Å²) in [5.74, 6) is 0.582. The molecule has 2 aromatic carbocycles. The van der Waals surface area contributed by atoms with Crippen LogP contribution in [0.15, 0.2) is 54.7 Å². The number of imidazole rings is 1. The zero-order valence-corrected chi connectivity index (χ0v) is 22.6. The molecule has 2 fully saturated rings. The van der Waals surface area contributed by atoms with E-state index in [1.54, 1.807) is 30.5 Å². The Hall–Kier alpha value is -3.82. The molecule has 1 atom stereocenters. The van der Waals surface area contributed by atoms with Crippen LogP contribution in [0.3, 0.4) is 0 Å². The van der Waals surface area contributed by atoms with Gasteiger partial charge in [0.05, 0.1) is 35.8 Å². The first kappa shape index (κ1) is 26.4. The molecule has 8 nitrogen and oxygen atoms in total. The van der Waals surface area contributed by atoms with Gasteiger partial charge in [0.15, 0.2) is 0 Å². The molecule has 2 aromatic heterocycles. The van der Waals surface area contributed by atoms with Crippen molar-refractivity contribution in [3.05, 3.63) is 88.6 Å². The van der Waals surface area contributed by atoms with Gasteiger partial charge in [0.1, 0.15) is 18.2 Å². The van der Waals surface area contributed by atoms with Gasteiger partial charge in [0.25, 0.3) is 0 Å². The van der Waals surface area contributed by atoms with Gasteiger partial charge in [-0.25, -0.2) is 19.2 Å². The van der Waals surface area contributed by atoms with Crippen LogP contribution in [0.25, 0.3) is 11.0 Å². The van der Waals surface area contributed by atoms with Crippen LogP contribution in [0.5, 0.6) is 5.88 Å². The summed E-state index contributed by atoms with van der Waals surface area (Å²) < 4.78 is 28.2. The number of carboxylic acids is 1. The van der Waals surface area contributed by atoms with Crippen LogP contribution in [0.2, 0.25) is 0 Å². The highest BCUT2D eigenvalue weighted by atomic mass is 19.1. The van der Waals surface area contributed by atoms with Crippen LogP contribution in [-0.2, 0) is 24.4 Å². The van der Waals surface area contributed by atoms with Crippen molar-refractivity contribution in [2.75, 3.05) is 19.7 Å². The molecule has 0 unspecified atom stereocenters. The summed E-state index contributed by atoms with van der Waals surface area (Å²) in [6.07, 6.45) is 4.72. The fourth-order valence-corrected chi connectivity index (χ4v) is 5.61. The number of nitrogens with zero attached hydrogens (tertiary/aromatic N) is 4. The Bertz CT molecular complexity index is 1530. The number of likely N-dealkylation sites (tertiary alicyclic amines) is 1. The summed E-state index contributed by atoms with van der Waals surface area (Å²) in [5.41, 5.74) is 4.35. The molecule has 0 saturated carbocycles. The maximum atomic E-state index is 14.3. The van der Waals surface area contributed by atoms with Crippen LogP contribution < -0.4 is 4.74 Å². The Morgan fingerprint density at radius 1 is 1.15 bits per heavy atom. The van der Waals surface area contributed by atoms with Gasteiger partial charge in [-0.3, -0.25) is 4.90 Å². The Balaban J connectivity index is 1.14. The number of hydrogen-bond acceptors (Lipinski definition) is 6. The Labute approximate surface area is 232 Å². The normalized spacial score (nSPS) is 18.1. The molecule has 0 bridgehead atoms. The zero-order valence-electron chi connectivity index (χ0n) is 22.6. The first-order chi connectivity index (χ1) is 19.4. The predicted molar refractivity (Wildman–Crippen MR) is 148 cm³/mol. The summed E-state index contributed by atoms with van der Waals surface area (Å²) in [7, 11) is 0. The minimum absolute atomic E-state index is 0.132. The Kier molecular flexibility index (Phi) is 7.49. The topological polar surface area (TPSA) is 89.7 Å². The second-order valence-electron chi connectivity index (χ2n) is 10.8. The molecule has 6 rings (SSSR count). The third kappa shape index (κ3) is 5.57. The first-order valence-corrected chi connectivity index (χ1v) is 13.8. The molecular formula is C31H33FN4O4. The van der Waals surface area contributed by atoms with Crippen LogP contribution in [0.1, 0.15) is 58.1 Å². The number of aromatic carboxylic acids is 1. The number of aromatic nitrogens is 3. The van der Waals surface area contributed by atoms with E-state index in [0.717, 1.165) is 66.9 Å². The number of pyridine rings is 1. The van der Waals surface area contributed by atoms with Crippen LogP contribution in [-0.4, -0.2) is 56.3 Å². The van der Waals surface area contributed by atoms with Crippen molar-refractivity contribution in [1.82, 2.24) is 19.4 Å². The van der Waals surface area contributed by atoms with Crippen LogP contribution in [0, 0.1) is 12.7 Å². The third-order valence-electron chi connectivity index (χ3n) is 8.02. The van der Waals surface area contributed by atoms with Crippen molar-refractivity contribution in [3.63, 3.8) is 0 Å². The third-order valence-corrected chi connectivity index (χ3v) is 8.02. The van der Waals surface area contributed by atoms with Gasteiger partial charge < -0.3 is 19.1 Å². The minimum atomic E-state index is -0.944. The highest BCUT2D eigenvalue weighted by Crippen LogP contribution is 2.34. The van der Waals surface area contributed by atoms with E-state index in [2.05, 4.69) is 20.5 Å². The van der Waals surface area contributed by atoms with Gasteiger partial charge in [0.2, 0.25) is 5.88 Å². The molecule has 9 heteroatoms. The van der Waals surface area contributed by atoms with Crippen molar-refractivity contribution < 1.29 is 23.8 Å². The van der Waals surface area contributed by atoms with E-state index < -0.39 is 5.97 Å². The quantitative estimate of drug-likeness (QED) is 0.305. The average Bonchev–Trinajstić information content (AvgIpc) is 3.26. The molecule has 4 heterocycles. The van der Waals surface area contributed by atoms with Crippen molar-refractivity contribution in [3.8, 4) is 5.88 Å². The molecule has 0 spiro atoms. The molecule has 2 aliphatic heterocycles. The van der Waals surface area contributed by atoms with E-state index in [1.165, 1.54) is 6.07 Å². The number of ether oxygens (including phenoxy) is 2. The molecule has 0 radical (unpaired) electrons. The van der Waals surface area contributed by atoms with Gasteiger partial charge in [-0.2, -0.15) is 0 Å². The summed E-state index contributed by atoms with van der Waals surface area (Å²) in [6, 6.07) is 14.3. The molecule has 40 heavy (non-hydrogen) atoms. The second-order valence-corrected chi connectivity index (χ2v) is 10.8. The SMILES string of the molecule is Cc1ccc(COc2ncccc2C2CCN(Cc3nc4ccc(C(=O)O)cc4n3C[C@@H]3CCO3)CC2)c(F)c1. The Morgan fingerprint density at radius 3 is 2.70 bits per heavy atom. The number of carboxylic acid groups (broad SMARTS) is 1. The number of benzene rings is 2.